The van der Waals surface area contributed by atoms with Gasteiger partial charge < -0.3 is 19.1 Å². The predicted molar refractivity (Wildman–Crippen MR) is 119 cm³/mol. The standard InChI is InChI=1S/C25H26N2O6/c1-2-31-18-9-11-19(12-10-18)32-15-16-33-24(30)25-14-13-22(28)27(25)21-6-4-3-5-20(21)23(29)26(25)17-7-8-17/h3-6,9-12,17H,2,7-8,13-16H2,1H3. The van der Waals surface area contributed by atoms with Crippen LogP contribution < -0.4 is 14.4 Å². The summed E-state index contributed by atoms with van der Waals surface area (Å²) in [4.78, 5) is 42.9. The Kier molecular flexibility index (Phi) is 5.44. The zero-order valence-electron chi connectivity index (χ0n) is 18.5. The van der Waals surface area contributed by atoms with Crippen LogP contribution in [0, 0.1) is 0 Å². The first-order chi connectivity index (χ1) is 16.1. The van der Waals surface area contributed by atoms with Gasteiger partial charge in [0.1, 0.15) is 24.7 Å². The molecule has 0 bridgehead atoms. The molecule has 1 unspecified atom stereocenters. The van der Waals surface area contributed by atoms with Crippen molar-refractivity contribution >= 4 is 23.5 Å². The van der Waals surface area contributed by atoms with Gasteiger partial charge in [0, 0.05) is 18.9 Å². The van der Waals surface area contributed by atoms with Gasteiger partial charge in [0.25, 0.3) is 5.91 Å². The average molecular weight is 450 g/mol. The fraction of sp³-hybridized carbons (Fsp3) is 0.400. The van der Waals surface area contributed by atoms with E-state index in [2.05, 4.69) is 0 Å². The number of rotatable bonds is 8. The molecule has 2 aromatic rings. The second-order valence-corrected chi connectivity index (χ2v) is 8.36. The molecule has 3 aliphatic rings. The summed E-state index contributed by atoms with van der Waals surface area (Å²) in [5.41, 5.74) is -0.505. The van der Waals surface area contributed by atoms with E-state index in [4.69, 9.17) is 14.2 Å². The summed E-state index contributed by atoms with van der Waals surface area (Å²) in [5.74, 6) is 0.402. The largest absolute Gasteiger partial charge is 0.494 e. The Balaban J connectivity index is 1.32. The maximum Gasteiger partial charge on any atom is 0.353 e. The number of ether oxygens (including phenoxy) is 3. The molecule has 1 saturated carbocycles. The number of benzene rings is 2. The van der Waals surface area contributed by atoms with Crippen LogP contribution in [0.5, 0.6) is 11.5 Å². The van der Waals surface area contributed by atoms with Crippen LogP contribution in [0.15, 0.2) is 48.5 Å². The SMILES string of the molecule is CCOc1ccc(OCCOC(=O)C23CCC(=O)N2c2ccccc2C(=O)N3C2CC2)cc1. The van der Waals surface area contributed by atoms with Gasteiger partial charge in [-0.1, -0.05) is 12.1 Å². The van der Waals surface area contributed by atoms with Crippen molar-refractivity contribution in [1.82, 2.24) is 4.90 Å². The normalized spacial score (nSPS) is 21.5. The second kappa shape index (κ2) is 8.42. The van der Waals surface area contributed by atoms with Gasteiger partial charge in [0.05, 0.1) is 17.9 Å². The average Bonchev–Trinajstić information content (AvgIpc) is 3.60. The molecule has 5 rings (SSSR count). The summed E-state index contributed by atoms with van der Waals surface area (Å²) in [6, 6.07) is 14.1. The molecular weight excluding hydrogens is 424 g/mol. The fourth-order valence-electron chi connectivity index (χ4n) is 4.72. The Labute approximate surface area is 192 Å². The van der Waals surface area contributed by atoms with Crippen molar-refractivity contribution in [2.24, 2.45) is 0 Å². The third-order valence-corrected chi connectivity index (χ3v) is 6.26. The first-order valence-corrected chi connectivity index (χ1v) is 11.3. The first kappa shape index (κ1) is 21.3. The van der Waals surface area contributed by atoms with Crippen molar-refractivity contribution < 1.29 is 28.6 Å². The van der Waals surface area contributed by atoms with Crippen molar-refractivity contribution in [1.29, 1.82) is 0 Å². The minimum absolute atomic E-state index is 0.00414. The lowest BCUT2D eigenvalue weighted by Crippen LogP contribution is -2.69. The number of para-hydroxylation sites is 1. The van der Waals surface area contributed by atoms with Gasteiger partial charge in [-0.25, -0.2) is 4.79 Å². The van der Waals surface area contributed by atoms with Crippen molar-refractivity contribution in [2.45, 2.75) is 44.3 Å². The van der Waals surface area contributed by atoms with Crippen molar-refractivity contribution in [3.8, 4) is 11.5 Å². The van der Waals surface area contributed by atoms with Crippen molar-refractivity contribution in [3.05, 3.63) is 54.1 Å². The molecule has 1 aliphatic carbocycles. The number of nitrogens with zero attached hydrogens (tertiary/aromatic N) is 2. The van der Waals surface area contributed by atoms with Crippen LogP contribution in [0.1, 0.15) is 43.0 Å². The van der Waals surface area contributed by atoms with Crippen LogP contribution >= 0.6 is 0 Å². The van der Waals surface area contributed by atoms with E-state index in [1.807, 2.05) is 19.1 Å². The van der Waals surface area contributed by atoms with E-state index < -0.39 is 11.6 Å². The maximum absolute atomic E-state index is 13.5. The van der Waals surface area contributed by atoms with Gasteiger partial charge >= 0.3 is 5.97 Å². The number of hydrogen-bond donors (Lipinski definition) is 0. The highest BCUT2D eigenvalue weighted by Gasteiger charge is 2.64. The molecule has 1 saturated heterocycles. The summed E-state index contributed by atoms with van der Waals surface area (Å²) < 4.78 is 16.7. The van der Waals surface area contributed by atoms with Gasteiger partial charge in [-0.05, 0) is 56.2 Å². The van der Waals surface area contributed by atoms with Crippen LogP contribution in [0.4, 0.5) is 5.69 Å². The summed E-state index contributed by atoms with van der Waals surface area (Å²) >= 11 is 0. The van der Waals surface area contributed by atoms with Crippen LogP contribution in [-0.2, 0) is 14.3 Å². The Morgan fingerprint density at radius 3 is 2.39 bits per heavy atom. The summed E-state index contributed by atoms with van der Waals surface area (Å²) in [7, 11) is 0. The molecule has 2 amide bonds. The molecular formula is C25H26N2O6. The topological polar surface area (TPSA) is 85.4 Å². The molecule has 0 spiro atoms. The minimum Gasteiger partial charge on any atom is -0.494 e. The van der Waals surface area contributed by atoms with Gasteiger partial charge in [-0.2, -0.15) is 0 Å². The number of carbonyl (C=O) groups excluding carboxylic acids is 3. The molecule has 2 aromatic carbocycles. The molecule has 8 nitrogen and oxygen atoms in total. The molecule has 0 aromatic heterocycles. The van der Waals surface area contributed by atoms with Gasteiger partial charge in [0.2, 0.25) is 11.6 Å². The van der Waals surface area contributed by atoms with Crippen LogP contribution in [0.2, 0.25) is 0 Å². The lowest BCUT2D eigenvalue weighted by atomic mass is 9.96. The predicted octanol–water partition coefficient (Wildman–Crippen LogP) is 3.15. The number of fused-ring (bicyclic) bond motifs is 3. The summed E-state index contributed by atoms with van der Waals surface area (Å²) in [6.07, 6.45) is 2.03. The lowest BCUT2D eigenvalue weighted by Gasteiger charge is -2.48. The third kappa shape index (κ3) is 3.59. The molecule has 2 fully saturated rings. The van der Waals surface area contributed by atoms with E-state index in [0.717, 1.165) is 18.6 Å². The Morgan fingerprint density at radius 2 is 1.70 bits per heavy atom. The maximum atomic E-state index is 13.5. The quantitative estimate of drug-likeness (QED) is 0.454. The molecule has 2 heterocycles. The fourth-order valence-corrected chi connectivity index (χ4v) is 4.72. The van der Waals surface area contributed by atoms with E-state index in [9.17, 15) is 14.4 Å². The number of hydrogen-bond acceptors (Lipinski definition) is 6. The highest BCUT2D eigenvalue weighted by atomic mass is 16.6. The smallest absolute Gasteiger partial charge is 0.353 e. The molecule has 172 valence electrons. The number of amides is 2. The van der Waals surface area contributed by atoms with Crippen LogP contribution in [-0.4, -0.2) is 54.2 Å². The van der Waals surface area contributed by atoms with E-state index in [1.54, 1.807) is 41.3 Å². The van der Waals surface area contributed by atoms with Crippen LogP contribution in [0.25, 0.3) is 0 Å². The van der Waals surface area contributed by atoms with E-state index in [0.29, 0.717) is 23.6 Å². The zero-order chi connectivity index (χ0) is 23.0. The van der Waals surface area contributed by atoms with Crippen molar-refractivity contribution in [2.75, 3.05) is 24.7 Å². The zero-order valence-corrected chi connectivity index (χ0v) is 18.5. The lowest BCUT2D eigenvalue weighted by molar-refractivity contribution is -0.158. The highest BCUT2D eigenvalue weighted by Crippen LogP contribution is 2.49. The number of carbonyl (C=O) groups is 3. The van der Waals surface area contributed by atoms with E-state index in [1.165, 1.54) is 4.90 Å². The minimum atomic E-state index is -1.43. The number of esters is 1. The second-order valence-electron chi connectivity index (χ2n) is 8.36. The molecule has 33 heavy (non-hydrogen) atoms. The van der Waals surface area contributed by atoms with Gasteiger partial charge in [-0.15, -0.1) is 0 Å². The van der Waals surface area contributed by atoms with Crippen LogP contribution in [0.3, 0.4) is 0 Å². The van der Waals surface area contributed by atoms with Crippen molar-refractivity contribution in [3.63, 3.8) is 0 Å². The molecule has 1 atom stereocenters. The third-order valence-electron chi connectivity index (χ3n) is 6.26. The number of anilines is 1. The molecule has 2 aliphatic heterocycles. The molecule has 0 N–H and O–H groups in total. The van der Waals surface area contributed by atoms with Gasteiger partial charge in [-0.3, -0.25) is 14.5 Å². The Hall–Kier alpha value is -3.55. The summed E-state index contributed by atoms with van der Waals surface area (Å²) in [5, 5.41) is 0. The highest BCUT2D eigenvalue weighted by molar-refractivity contribution is 6.15. The van der Waals surface area contributed by atoms with E-state index >= 15 is 0 Å². The molecule has 0 radical (unpaired) electrons. The monoisotopic (exact) mass is 450 g/mol. The summed E-state index contributed by atoms with van der Waals surface area (Å²) in [6.45, 7) is 2.66. The molecule has 8 heteroatoms. The Morgan fingerprint density at radius 1 is 1.00 bits per heavy atom. The Bertz CT molecular complexity index is 1080. The first-order valence-electron chi connectivity index (χ1n) is 11.3. The van der Waals surface area contributed by atoms with E-state index in [-0.39, 0.29) is 43.9 Å². The van der Waals surface area contributed by atoms with Gasteiger partial charge in [0.15, 0.2) is 0 Å².